The number of anilines is 1. The summed E-state index contributed by atoms with van der Waals surface area (Å²) in [6.07, 6.45) is 3.20. The molecule has 0 radical (unpaired) electrons. The van der Waals surface area contributed by atoms with Gasteiger partial charge in [-0.15, -0.1) is 0 Å². The molecule has 0 bridgehead atoms. The van der Waals surface area contributed by atoms with E-state index in [-0.39, 0.29) is 5.91 Å². The zero-order valence-electron chi connectivity index (χ0n) is 13.0. The molecular formula is C17H20N4O. The average molecular weight is 296 g/mol. The van der Waals surface area contributed by atoms with Gasteiger partial charge in [-0.25, -0.2) is 4.98 Å². The van der Waals surface area contributed by atoms with E-state index in [0.717, 1.165) is 18.8 Å². The van der Waals surface area contributed by atoms with Gasteiger partial charge < -0.3 is 9.80 Å². The number of amides is 1. The van der Waals surface area contributed by atoms with Crippen LogP contribution in [-0.4, -0.2) is 47.0 Å². The maximum Gasteiger partial charge on any atom is 0.274 e. The lowest BCUT2D eigenvalue weighted by Gasteiger charge is -2.36. The van der Waals surface area contributed by atoms with Crippen LogP contribution in [0.25, 0.3) is 0 Å². The van der Waals surface area contributed by atoms with Crippen LogP contribution in [0, 0.1) is 13.8 Å². The molecule has 3 rings (SSSR count). The van der Waals surface area contributed by atoms with Crippen molar-refractivity contribution < 1.29 is 4.79 Å². The van der Waals surface area contributed by atoms with Gasteiger partial charge in [-0.05, 0) is 25.5 Å². The summed E-state index contributed by atoms with van der Waals surface area (Å²) in [5.41, 5.74) is 3.77. The molecule has 1 amide bonds. The molecule has 1 aliphatic rings. The molecular weight excluding hydrogens is 276 g/mol. The lowest BCUT2D eigenvalue weighted by atomic mass is 10.1. The van der Waals surface area contributed by atoms with Gasteiger partial charge in [0.25, 0.3) is 5.91 Å². The van der Waals surface area contributed by atoms with Gasteiger partial charge in [0.15, 0.2) is 0 Å². The van der Waals surface area contributed by atoms with E-state index in [2.05, 4.69) is 46.1 Å². The number of nitrogens with zero attached hydrogens (tertiary/aromatic N) is 4. The van der Waals surface area contributed by atoms with Gasteiger partial charge in [0.1, 0.15) is 5.69 Å². The summed E-state index contributed by atoms with van der Waals surface area (Å²) in [4.78, 5) is 24.9. The van der Waals surface area contributed by atoms with E-state index in [1.54, 1.807) is 12.4 Å². The molecule has 114 valence electrons. The van der Waals surface area contributed by atoms with Crippen LogP contribution in [0.1, 0.15) is 21.7 Å². The molecule has 0 atom stereocenters. The predicted molar refractivity (Wildman–Crippen MR) is 86.1 cm³/mol. The average Bonchev–Trinajstić information content (AvgIpc) is 2.56. The van der Waals surface area contributed by atoms with Crippen molar-refractivity contribution in [1.82, 2.24) is 14.9 Å². The van der Waals surface area contributed by atoms with Crippen LogP contribution < -0.4 is 4.90 Å². The molecule has 1 aromatic heterocycles. The van der Waals surface area contributed by atoms with Crippen molar-refractivity contribution >= 4 is 11.6 Å². The Labute approximate surface area is 130 Å². The van der Waals surface area contributed by atoms with Gasteiger partial charge in [-0.3, -0.25) is 9.78 Å². The first-order chi connectivity index (χ1) is 10.6. The Bertz CT molecular complexity index is 661. The van der Waals surface area contributed by atoms with E-state index in [1.165, 1.54) is 11.3 Å². The summed E-state index contributed by atoms with van der Waals surface area (Å²) in [5, 5.41) is 0. The summed E-state index contributed by atoms with van der Waals surface area (Å²) >= 11 is 0. The van der Waals surface area contributed by atoms with Gasteiger partial charge in [0, 0.05) is 38.1 Å². The SMILES string of the molecule is Cc1cnc(C(=O)N2CCN(c3ccccc3C)CC2)cn1. The predicted octanol–water partition coefficient (Wildman–Crippen LogP) is 2.06. The second-order valence-electron chi connectivity index (χ2n) is 5.61. The molecule has 5 heteroatoms. The van der Waals surface area contributed by atoms with E-state index >= 15 is 0 Å². The molecule has 5 nitrogen and oxygen atoms in total. The zero-order valence-corrected chi connectivity index (χ0v) is 13.0. The van der Waals surface area contributed by atoms with Crippen molar-refractivity contribution in [3.8, 4) is 0 Å². The number of hydrogen-bond donors (Lipinski definition) is 0. The Kier molecular flexibility index (Phi) is 4.04. The van der Waals surface area contributed by atoms with Crippen molar-refractivity contribution in [2.24, 2.45) is 0 Å². The summed E-state index contributed by atoms with van der Waals surface area (Å²) < 4.78 is 0. The standard InChI is InChI=1S/C17H20N4O/c1-13-5-3-4-6-16(13)20-7-9-21(10-8-20)17(22)15-12-18-14(2)11-19-15/h3-6,11-12H,7-10H2,1-2H3. The highest BCUT2D eigenvalue weighted by atomic mass is 16.2. The minimum Gasteiger partial charge on any atom is -0.368 e. The van der Waals surface area contributed by atoms with Gasteiger partial charge >= 0.3 is 0 Å². The van der Waals surface area contributed by atoms with Crippen molar-refractivity contribution in [3.05, 3.63) is 53.6 Å². The van der Waals surface area contributed by atoms with Crippen molar-refractivity contribution in [2.75, 3.05) is 31.1 Å². The lowest BCUT2D eigenvalue weighted by molar-refractivity contribution is 0.0740. The molecule has 0 N–H and O–H groups in total. The van der Waals surface area contributed by atoms with E-state index in [0.29, 0.717) is 18.8 Å². The van der Waals surface area contributed by atoms with E-state index in [9.17, 15) is 4.79 Å². The Hall–Kier alpha value is -2.43. The highest BCUT2D eigenvalue weighted by Gasteiger charge is 2.23. The summed E-state index contributed by atoms with van der Waals surface area (Å²) in [7, 11) is 0. The first-order valence-electron chi connectivity index (χ1n) is 7.53. The maximum atomic E-state index is 12.4. The molecule has 1 aliphatic heterocycles. The van der Waals surface area contributed by atoms with Crippen LogP contribution in [0.2, 0.25) is 0 Å². The molecule has 0 unspecified atom stereocenters. The molecule has 0 saturated carbocycles. The number of para-hydroxylation sites is 1. The number of carbonyl (C=O) groups is 1. The van der Waals surface area contributed by atoms with Crippen molar-refractivity contribution in [1.29, 1.82) is 0 Å². The fraction of sp³-hybridized carbons (Fsp3) is 0.353. The monoisotopic (exact) mass is 296 g/mol. The molecule has 1 fully saturated rings. The Morgan fingerprint density at radius 3 is 2.36 bits per heavy atom. The van der Waals surface area contributed by atoms with Crippen LogP contribution in [0.3, 0.4) is 0 Å². The second kappa shape index (κ2) is 6.13. The van der Waals surface area contributed by atoms with Crippen molar-refractivity contribution in [2.45, 2.75) is 13.8 Å². The minimum atomic E-state index is -0.0306. The molecule has 2 heterocycles. The Morgan fingerprint density at radius 2 is 1.73 bits per heavy atom. The maximum absolute atomic E-state index is 12.4. The van der Waals surface area contributed by atoms with Crippen LogP contribution in [-0.2, 0) is 0 Å². The van der Waals surface area contributed by atoms with Crippen LogP contribution >= 0.6 is 0 Å². The molecule has 0 spiro atoms. The van der Waals surface area contributed by atoms with Gasteiger partial charge in [-0.1, -0.05) is 18.2 Å². The van der Waals surface area contributed by atoms with Crippen LogP contribution in [0.5, 0.6) is 0 Å². The minimum absolute atomic E-state index is 0.0306. The normalized spacial score (nSPS) is 15.0. The highest BCUT2D eigenvalue weighted by Crippen LogP contribution is 2.21. The third-order valence-corrected chi connectivity index (χ3v) is 4.02. The van der Waals surface area contributed by atoms with E-state index < -0.39 is 0 Å². The number of rotatable bonds is 2. The van der Waals surface area contributed by atoms with E-state index in [1.807, 2.05) is 11.8 Å². The number of aromatic nitrogens is 2. The number of carbonyl (C=O) groups excluding carboxylic acids is 1. The molecule has 22 heavy (non-hydrogen) atoms. The Morgan fingerprint density at radius 1 is 1.00 bits per heavy atom. The first kappa shape index (κ1) is 14.5. The Balaban J connectivity index is 1.65. The second-order valence-corrected chi connectivity index (χ2v) is 5.61. The third-order valence-electron chi connectivity index (χ3n) is 4.02. The highest BCUT2D eigenvalue weighted by molar-refractivity contribution is 5.92. The zero-order chi connectivity index (χ0) is 15.5. The first-order valence-corrected chi connectivity index (χ1v) is 7.53. The molecule has 2 aromatic rings. The van der Waals surface area contributed by atoms with E-state index in [4.69, 9.17) is 0 Å². The number of aryl methyl sites for hydroxylation is 2. The third kappa shape index (κ3) is 2.93. The topological polar surface area (TPSA) is 49.3 Å². The number of piperazine rings is 1. The van der Waals surface area contributed by atoms with Gasteiger partial charge in [0.2, 0.25) is 0 Å². The summed E-state index contributed by atoms with van der Waals surface area (Å²) in [6.45, 7) is 7.09. The molecule has 1 saturated heterocycles. The number of benzene rings is 1. The van der Waals surface area contributed by atoms with Gasteiger partial charge in [0.05, 0.1) is 11.9 Å². The summed E-state index contributed by atoms with van der Waals surface area (Å²) in [6, 6.07) is 8.36. The number of hydrogen-bond acceptors (Lipinski definition) is 4. The van der Waals surface area contributed by atoms with Crippen LogP contribution in [0.15, 0.2) is 36.7 Å². The fourth-order valence-electron chi connectivity index (χ4n) is 2.73. The van der Waals surface area contributed by atoms with Crippen LogP contribution in [0.4, 0.5) is 5.69 Å². The molecule has 1 aromatic carbocycles. The lowest BCUT2D eigenvalue weighted by Crippen LogP contribution is -2.49. The van der Waals surface area contributed by atoms with Gasteiger partial charge in [-0.2, -0.15) is 0 Å². The van der Waals surface area contributed by atoms with Crippen molar-refractivity contribution in [3.63, 3.8) is 0 Å². The largest absolute Gasteiger partial charge is 0.368 e. The smallest absolute Gasteiger partial charge is 0.274 e. The fourth-order valence-corrected chi connectivity index (χ4v) is 2.73. The quantitative estimate of drug-likeness (QED) is 0.851. The summed E-state index contributed by atoms with van der Waals surface area (Å²) in [5.74, 6) is -0.0306. The molecule has 0 aliphatic carbocycles.